The van der Waals surface area contributed by atoms with Crippen molar-refractivity contribution in [2.45, 2.75) is 0 Å². The van der Waals surface area contributed by atoms with Crippen molar-refractivity contribution >= 4 is 32.4 Å². The molecule has 3 rings (SSSR count). The molecule has 0 N–H and O–H groups in total. The number of aromatic nitrogens is 2. The van der Waals surface area contributed by atoms with Gasteiger partial charge in [-0.3, -0.25) is 4.68 Å². The summed E-state index contributed by atoms with van der Waals surface area (Å²) < 4.78 is 8.10. The minimum atomic E-state index is 0.607. The fourth-order valence-electron chi connectivity index (χ4n) is 2.51. The number of hydrogen-bond acceptors (Lipinski definition) is 2. The Labute approximate surface area is 130 Å². The van der Waals surface area contributed by atoms with E-state index in [1.165, 1.54) is 0 Å². The number of fused-ring (bicyclic) bond motifs is 1. The van der Waals surface area contributed by atoms with Crippen LogP contribution in [0.25, 0.3) is 26.9 Å². The van der Waals surface area contributed by atoms with Crippen LogP contribution in [0.1, 0.15) is 0 Å². The van der Waals surface area contributed by atoms with Crippen molar-refractivity contribution in [1.29, 1.82) is 0 Å². The Hall–Kier alpha value is -2.32. The number of ether oxygens (including phenoxy) is 1. The monoisotopic (exact) mass is 341 g/mol. The van der Waals surface area contributed by atoms with Gasteiger partial charge in [0.15, 0.2) is 0 Å². The Morgan fingerprint density at radius 1 is 1.29 bits per heavy atom. The molecular weight excluding hydrogens is 330 g/mol. The first-order chi connectivity index (χ1) is 10.2. The zero-order chi connectivity index (χ0) is 15.0. The van der Waals surface area contributed by atoms with E-state index in [4.69, 9.17) is 11.3 Å². The second-order valence-corrected chi connectivity index (χ2v) is 5.45. The maximum atomic E-state index is 7.58. The van der Waals surface area contributed by atoms with Crippen molar-refractivity contribution in [3.63, 3.8) is 0 Å². The van der Waals surface area contributed by atoms with E-state index in [1.54, 1.807) is 18.0 Å². The van der Waals surface area contributed by atoms with Crippen LogP contribution in [0.3, 0.4) is 0 Å². The summed E-state index contributed by atoms with van der Waals surface area (Å²) in [4.78, 5) is 3.74. The number of rotatable bonds is 2. The van der Waals surface area contributed by atoms with Crippen LogP contribution in [0.5, 0.6) is 5.75 Å². The third kappa shape index (κ3) is 2.08. The Morgan fingerprint density at radius 2 is 2.00 bits per heavy atom. The molecule has 0 amide bonds. The summed E-state index contributed by atoms with van der Waals surface area (Å²) in [5.41, 5.74) is 2.29. The fraction of sp³-hybridized carbons (Fsp3) is 0.125. The molecule has 1 aromatic heterocycles. The number of halogens is 1. The van der Waals surface area contributed by atoms with Crippen LogP contribution in [-0.4, -0.2) is 16.9 Å². The van der Waals surface area contributed by atoms with Crippen molar-refractivity contribution in [1.82, 2.24) is 9.78 Å². The van der Waals surface area contributed by atoms with Gasteiger partial charge in [-0.15, -0.1) is 0 Å². The summed E-state index contributed by atoms with van der Waals surface area (Å²) in [5, 5.41) is 6.05. The average molecular weight is 342 g/mol. The van der Waals surface area contributed by atoms with E-state index >= 15 is 0 Å². The molecule has 0 aliphatic rings. The summed E-state index contributed by atoms with van der Waals surface area (Å²) in [7, 11) is 3.50. The van der Waals surface area contributed by atoms with Crippen molar-refractivity contribution < 1.29 is 4.74 Å². The summed E-state index contributed by atoms with van der Waals surface area (Å²) >= 11 is 3.50. The van der Waals surface area contributed by atoms with Crippen LogP contribution in [0.2, 0.25) is 0 Å². The van der Waals surface area contributed by atoms with Gasteiger partial charge in [0.2, 0.25) is 5.69 Å². The maximum Gasteiger partial charge on any atom is 0.204 e. The van der Waals surface area contributed by atoms with Crippen molar-refractivity contribution in [2.75, 3.05) is 7.11 Å². The number of benzene rings is 2. The van der Waals surface area contributed by atoms with Gasteiger partial charge in [-0.2, -0.15) is 5.10 Å². The fourth-order valence-corrected chi connectivity index (χ4v) is 3.07. The molecule has 0 saturated heterocycles. The molecule has 5 heteroatoms. The predicted molar refractivity (Wildman–Crippen MR) is 86.7 cm³/mol. The van der Waals surface area contributed by atoms with Crippen LogP contribution in [0.15, 0.2) is 41.0 Å². The van der Waals surface area contributed by atoms with Gasteiger partial charge in [-0.25, -0.2) is 4.85 Å². The highest BCUT2D eigenvalue weighted by atomic mass is 79.9. The van der Waals surface area contributed by atoms with E-state index in [2.05, 4.69) is 25.9 Å². The molecule has 4 nitrogen and oxygen atoms in total. The Morgan fingerprint density at radius 3 is 2.57 bits per heavy atom. The lowest BCUT2D eigenvalue weighted by Gasteiger charge is -2.13. The molecule has 1 heterocycles. The quantitative estimate of drug-likeness (QED) is 0.639. The molecule has 3 aromatic rings. The van der Waals surface area contributed by atoms with Gasteiger partial charge < -0.3 is 4.74 Å². The molecule has 2 aromatic carbocycles. The van der Waals surface area contributed by atoms with Gasteiger partial charge in [-0.1, -0.05) is 24.3 Å². The second-order valence-electron chi connectivity index (χ2n) is 4.60. The summed E-state index contributed by atoms with van der Waals surface area (Å²) in [5.74, 6) is 0.751. The molecule has 0 fully saturated rings. The van der Waals surface area contributed by atoms with Crippen molar-refractivity contribution in [2.24, 2.45) is 7.05 Å². The standard InChI is InChI=1S/C16H12BrN3O/c1-18-15-11-7-5-4-6-10(11)14(21-3)8-12(15)16-13(17)9-19-20(16)2/h4-9H,2-3H3. The van der Waals surface area contributed by atoms with E-state index in [0.717, 1.165) is 32.3 Å². The minimum Gasteiger partial charge on any atom is -0.496 e. The molecule has 21 heavy (non-hydrogen) atoms. The van der Waals surface area contributed by atoms with Gasteiger partial charge in [0.25, 0.3) is 0 Å². The molecule has 104 valence electrons. The van der Waals surface area contributed by atoms with Crippen molar-refractivity contribution in [3.05, 3.63) is 52.4 Å². The Balaban J connectivity index is 2.47. The van der Waals surface area contributed by atoms with Crippen molar-refractivity contribution in [3.8, 4) is 17.0 Å². The summed E-state index contributed by atoms with van der Waals surface area (Å²) in [6.45, 7) is 7.58. The van der Waals surface area contributed by atoms with Gasteiger partial charge in [0.05, 0.1) is 30.0 Å². The van der Waals surface area contributed by atoms with E-state index in [-0.39, 0.29) is 0 Å². The Bertz CT molecular complexity index is 858. The first kappa shape index (κ1) is 13.7. The van der Waals surface area contributed by atoms with Crippen LogP contribution >= 0.6 is 15.9 Å². The van der Waals surface area contributed by atoms with E-state index in [1.807, 2.05) is 37.4 Å². The molecular formula is C16H12BrN3O. The van der Waals surface area contributed by atoms with E-state index in [9.17, 15) is 0 Å². The summed E-state index contributed by atoms with van der Waals surface area (Å²) in [6.07, 6.45) is 1.73. The van der Waals surface area contributed by atoms with Gasteiger partial charge in [0, 0.05) is 18.0 Å². The lowest BCUT2D eigenvalue weighted by atomic mass is 10.0. The first-order valence-corrected chi connectivity index (χ1v) is 7.11. The van der Waals surface area contributed by atoms with Crippen LogP contribution in [0, 0.1) is 6.57 Å². The molecule has 0 saturated carbocycles. The highest BCUT2D eigenvalue weighted by molar-refractivity contribution is 9.10. The van der Waals surface area contributed by atoms with E-state index < -0.39 is 0 Å². The molecule has 0 unspecified atom stereocenters. The highest BCUT2D eigenvalue weighted by Gasteiger charge is 2.18. The Kier molecular flexibility index (Phi) is 3.40. The molecule has 0 aliphatic carbocycles. The third-order valence-electron chi connectivity index (χ3n) is 3.46. The second kappa shape index (κ2) is 5.23. The largest absolute Gasteiger partial charge is 0.496 e. The van der Waals surface area contributed by atoms with Gasteiger partial charge in [-0.05, 0) is 27.4 Å². The van der Waals surface area contributed by atoms with E-state index in [0.29, 0.717) is 5.69 Å². The number of nitrogens with zero attached hydrogens (tertiary/aromatic N) is 3. The topological polar surface area (TPSA) is 31.4 Å². The smallest absolute Gasteiger partial charge is 0.204 e. The third-order valence-corrected chi connectivity index (χ3v) is 4.04. The van der Waals surface area contributed by atoms with Crippen LogP contribution in [-0.2, 0) is 7.05 Å². The molecule has 0 bridgehead atoms. The molecule has 0 atom stereocenters. The molecule has 0 spiro atoms. The first-order valence-electron chi connectivity index (χ1n) is 6.32. The normalized spacial score (nSPS) is 10.6. The zero-order valence-electron chi connectivity index (χ0n) is 11.6. The van der Waals surface area contributed by atoms with Gasteiger partial charge in [0.1, 0.15) is 5.75 Å². The van der Waals surface area contributed by atoms with Crippen LogP contribution in [0.4, 0.5) is 5.69 Å². The number of aryl methyl sites for hydroxylation is 1. The zero-order valence-corrected chi connectivity index (χ0v) is 13.2. The average Bonchev–Trinajstić information content (AvgIpc) is 2.84. The molecule has 0 radical (unpaired) electrons. The minimum absolute atomic E-state index is 0.607. The number of hydrogen-bond donors (Lipinski definition) is 0. The lowest BCUT2D eigenvalue weighted by Crippen LogP contribution is -1.95. The maximum absolute atomic E-state index is 7.58. The highest BCUT2D eigenvalue weighted by Crippen LogP contribution is 2.43. The SMILES string of the molecule is [C-]#[N+]c1c(-c2c(Br)cnn2C)cc(OC)c2ccccc12. The summed E-state index contributed by atoms with van der Waals surface area (Å²) in [6, 6.07) is 9.68. The predicted octanol–water partition coefficient (Wildman–Crippen LogP) is 4.56. The van der Waals surface area contributed by atoms with Gasteiger partial charge >= 0.3 is 0 Å². The molecule has 0 aliphatic heterocycles. The lowest BCUT2D eigenvalue weighted by molar-refractivity contribution is 0.420. The number of methoxy groups -OCH3 is 1. The van der Waals surface area contributed by atoms with Crippen LogP contribution < -0.4 is 4.74 Å².